The normalized spacial score (nSPS) is 12.5. The van der Waals surface area contributed by atoms with Crippen LogP contribution in [0.3, 0.4) is 0 Å². The Bertz CT molecular complexity index is 885. The summed E-state index contributed by atoms with van der Waals surface area (Å²) in [5.41, 5.74) is 3.74. The van der Waals surface area contributed by atoms with Gasteiger partial charge in [0.25, 0.3) is 0 Å². The molecule has 0 fully saturated rings. The van der Waals surface area contributed by atoms with Gasteiger partial charge in [-0.1, -0.05) is 36.4 Å². The molecule has 24 heavy (non-hydrogen) atoms. The topological polar surface area (TPSA) is 50.4 Å². The fourth-order valence-electron chi connectivity index (χ4n) is 3.15. The number of hydrogen-bond donors (Lipinski definition) is 2. The van der Waals surface area contributed by atoms with Gasteiger partial charge in [0.2, 0.25) is 0 Å². The molecule has 0 aromatic heterocycles. The zero-order valence-electron chi connectivity index (χ0n) is 13.4. The molecule has 118 valence electrons. The van der Waals surface area contributed by atoms with Crippen LogP contribution in [-0.2, 0) is 4.74 Å². The van der Waals surface area contributed by atoms with Gasteiger partial charge in [-0.15, -0.1) is 0 Å². The van der Waals surface area contributed by atoms with Gasteiger partial charge in [0.1, 0.15) is 0 Å². The number of ether oxygens (including phenoxy) is 1. The van der Waals surface area contributed by atoms with E-state index in [1.165, 1.54) is 10.8 Å². The highest BCUT2D eigenvalue weighted by atomic mass is 16.5. The molecule has 3 aromatic rings. The molecule has 0 amide bonds. The van der Waals surface area contributed by atoms with E-state index in [1.54, 1.807) is 6.07 Å². The van der Waals surface area contributed by atoms with E-state index in [4.69, 9.17) is 4.74 Å². The second-order valence-corrected chi connectivity index (χ2v) is 5.78. The summed E-state index contributed by atoms with van der Waals surface area (Å²) < 4.78 is 5.09. The fraction of sp³-hybridized carbons (Fsp3) is 0.105. The average Bonchev–Trinajstić information content (AvgIpc) is 2.62. The molecule has 1 aliphatic heterocycles. The summed E-state index contributed by atoms with van der Waals surface area (Å²) in [5.74, 6) is -0.294. The Hall–Kier alpha value is -2.95. The van der Waals surface area contributed by atoms with Crippen molar-refractivity contribution < 1.29 is 9.53 Å². The van der Waals surface area contributed by atoms with Crippen molar-refractivity contribution in [2.45, 2.75) is 6.92 Å². The molecule has 0 spiro atoms. The van der Waals surface area contributed by atoms with E-state index in [9.17, 15) is 4.79 Å². The van der Waals surface area contributed by atoms with Gasteiger partial charge in [0, 0.05) is 16.8 Å². The van der Waals surface area contributed by atoms with Crippen LogP contribution in [0.15, 0.2) is 60.7 Å². The van der Waals surface area contributed by atoms with Crippen molar-refractivity contribution in [1.82, 2.24) is 0 Å². The van der Waals surface area contributed by atoms with Gasteiger partial charge in [-0.3, -0.25) is 0 Å². The number of hydrogen-bond acceptors (Lipinski definition) is 4. The molecular formula is C19H17BN2O2. The summed E-state index contributed by atoms with van der Waals surface area (Å²) in [7, 11) is 0. The van der Waals surface area contributed by atoms with E-state index >= 15 is 0 Å². The van der Waals surface area contributed by atoms with Crippen molar-refractivity contribution in [1.29, 1.82) is 0 Å². The predicted molar refractivity (Wildman–Crippen MR) is 99.0 cm³/mol. The Kier molecular flexibility index (Phi) is 3.61. The molecule has 1 aliphatic rings. The minimum atomic E-state index is -0.294. The molecule has 4 rings (SSSR count). The SMILES string of the molecule is CCOC(=O)c1cccc(B2Nc3cccc4cccc(c34)N2)c1. The number of rotatable bonds is 3. The quantitative estimate of drug-likeness (QED) is 0.575. The monoisotopic (exact) mass is 316 g/mol. The lowest BCUT2D eigenvalue weighted by Crippen LogP contribution is -2.48. The smallest absolute Gasteiger partial charge is 0.406 e. The third kappa shape index (κ3) is 2.48. The molecule has 3 aromatic carbocycles. The second kappa shape index (κ2) is 5.93. The van der Waals surface area contributed by atoms with Crippen LogP contribution in [0.25, 0.3) is 10.8 Å². The van der Waals surface area contributed by atoms with E-state index in [1.807, 2.05) is 37.3 Å². The summed E-state index contributed by atoms with van der Waals surface area (Å²) in [6.07, 6.45) is 0. The highest BCUT2D eigenvalue weighted by Gasteiger charge is 2.25. The van der Waals surface area contributed by atoms with Crippen LogP contribution in [-0.4, -0.2) is 19.6 Å². The van der Waals surface area contributed by atoms with Crippen LogP contribution in [0.2, 0.25) is 0 Å². The molecule has 0 saturated carbocycles. The fourth-order valence-corrected chi connectivity index (χ4v) is 3.15. The van der Waals surface area contributed by atoms with Crippen LogP contribution in [0.1, 0.15) is 17.3 Å². The molecule has 0 saturated heterocycles. The summed E-state index contributed by atoms with van der Waals surface area (Å²) >= 11 is 0. The summed E-state index contributed by atoms with van der Waals surface area (Å²) in [6, 6.07) is 20.0. The first-order chi connectivity index (χ1) is 11.8. The molecule has 0 atom stereocenters. The molecule has 0 bridgehead atoms. The Balaban J connectivity index is 1.70. The van der Waals surface area contributed by atoms with E-state index in [0.29, 0.717) is 12.2 Å². The van der Waals surface area contributed by atoms with Crippen molar-refractivity contribution in [3.8, 4) is 0 Å². The van der Waals surface area contributed by atoms with E-state index in [-0.39, 0.29) is 13.0 Å². The summed E-state index contributed by atoms with van der Waals surface area (Å²) in [5, 5.41) is 9.42. The van der Waals surface area contributed by atoms with Gasteiger partial charge in [-0.05, 0) is 42.0 Å². The maximum atomic E-state index is 12.0. The first-order valence-corrected chi connectivity index (χ1v) is 8.08. The zero-order valence-corrected chi connectivity index (χ0v) is 13.4. The van der Waals surface area contributed by atoms with Gasteiger partial charge < -0.3 is 15.2 Å². The molecule has 0 aliphatic carbocycles. The van der Waals surface area contributed by atoms with Gasteiger partial charge in [-0.2, -0.15) is 0 Å². The highest BCUT2D eigenvalue weighted by Crippen LogP contribution is 2.33. The number of carbonyl (C=O) groups excluding carboxylic acids is 1. The maximum absolute atomic E-state index is 12.0. The maximum Gasteiger partial charge on any atom is 0.406 e. The molecule has 0 unspecified atom stereocenters. The minimum Gasteiger partial charge on any atom is -0.462 e. The number of anilines is 2. The highest BCUT2D eigenvalue weighted by molar-refractivity contribution is 6.80. The number of esters is 1. The average molecular weight is 316 g/mol. The third-order valence-corrected chi connectivity index (χ3v) is 4.24. The first-order valence-electron chi connectivity index (χ1n) is 8.08. The molecule has 2 N–H and O–H groups in total. The molecule has 5 heteroatoms. The van der Waals surface area contributed by atoms with Crippen molar-refractivity contribution in [3.05, 3.63) is 66.2 Å². The lowest BCUT2D eigenvalue weighted by atomic mass is 9.65. The van der Waals surface area contributed by atoms with Crippen molar-refractivity contribution >= 4 is 40.6 Å². The van der Waals surface area contributed by atoms with Gasteiger partial charge in [0.15, 0.2) is 0 Å². The van der Waals surface area contributed by atoms with Crippen LogP contribution in [0.5, 0.6) is 0 Å². The van der Waals surface area contributed by atoms with Gasteiger partial charge in [0.05, 0.1) is 12.2 Å². The van der Waals surface area contributed by atoms with E-state index in [0.717, 1.165) is 16.8 Å². The van der Waals surface area contributed by atoms with Crippen LogP contribution in [0, 0.1) is 0 Å². The van der Waals surface area contributed by atoms with Crippen LogP contribution < -0.4 is 15.9 Å². The van der Waals surface area contributed by atoms with Crippen LogP contribution in [0.4, 0.5) is 11.4 Å². The van der Waals surface area contributed by atoms with Gasteiger partial charge >= 0.3 is 13.0 Å². The number of nitrogens with one attached hydrogen (secondary N) is 2. The summed E-state index contributed by atoms with van der Waals surface area (Å²) in [4.78, 5) is 12.0. The van der Waals surface area contributed by atoms with Crippen molar-refractivity contribution in [2.75, 3.05) is 17.1 Å². The standard InChI is InChI=1S/C19H17BN2O2/c1-2-24-19(23)14-8-3-9-15(12-14)20-21-16-10-4-6-13-7-5-11-17(22-20)18(13)16/h3-12,21-22H,2H2,1H3. The molecule has 0 radical (unpaired) electrons. The van der Waals surface area contributed by atoms with Crippen molar-refractivity contribution in [3.63, 3.8) is 0 Å². The van der Waals surface area contributed by atoms with Crippen molar-refractivity contribution in [2.24, 2.45) is 0 Å². The van der Waals surface area contributed by atoms with Crippen LogP contribution >= 0.6 is 0 Å². The Morgan fingerprint density at radius 2 is 1.67 bits per heavy atom. The molecular weight excluding hydrogens is 299 g/mol. The predicted octanol–water partition coefficient (Wildman–Crippen LogP) is 3.25. The lowest BCUT2D eigenvalue weighted by Gasteiger charge is -2.27. The Labute approximate surface area is 141 Å². The van der Waals surface area contributed by atoms with Gasteiger partial charge in [-0.25, -0.2) is 4.79 Å². The second-order valence-electron chi connectivity index (χ2n) is 5.78. The first kappa shape index (κ1) is 14.6. The van der Waals surface area contributed by atoms with E-state index in [2.05, 4.69) is 34.7 Å². The van der Waals surface area contributed by atoms with E-state index < -0.39 is 0 Å². The molecule has 1 heterocycles. The number of carbonyl (C=O) groups is 1. The Morgan fingerprint density at radius 1 is 1.00 bits per heavy atom. The number of benzene rings is 3. The lowest BCUT2D eigenvalue weighted by molar-refractivity contribution is 0.0526. The summed E-state index contributed by atoms with van der Waals surface area (Å²) in [6.45, 7) is 2.09. The molecule has 4 nitrogen and oxygen atoms in total. The Morgan fingerprint density at radius 3 is 2.33 bits per heavy atom. The zero-order chi connectivity index (χ0) is 16.5. The third-order valence-electron chi connectivity index (χ3n) is 4.24. The largest absolute Gasteiger partial charge is 0.462 e. The minimum absolute atomic E-state index is 0.0973.